The Morgan fingerprint density at radius 3 is 2.28 bits per heavy atom. The number of amides is 3. The molecule has 0 fully saturated rings. The van der Waals surface area contributed by atoms with Crippen molar-refractivity contribution in [3.05, 3.63) is 94.0 Å². The van der Waals surface area contributed by atoms with Gasteiger partial charge in [-0.1, -0.05) is 65.7 Å². The second kappa shape index (κ2) is 9.45. The van der Waals surface area contributed by atoms with Crippen LogP contribution in [-0.2, 0) is 0 Å². The van der Waals surface area contributed by atoms with Crippen LogP contribution < -0.4 is 15.4 Å². The van der Waals surface area contributed by atoms with Crippen molar-refractivity contribution in [1.29, 1.82) is 0 Å². The lowest BCUT2D eigenvalue weighted by molar-refractivity contribution is 0.0967. The number of carbonyl (C=O) groups is 2. The number of rotatable bonds is 5. The molecule has 0 heterocycles. The molecule has 0 aliphatic heterocycles. The number of anilines is 1. The van der Waals surface area contributed by atoms with Gasteiger partial charge in [0.25, 0.3) is 5.91 Å². The maximum absolute atomic E-state index is 12.1. The normalized spacial score (nSPS) is 11.4. The number of halogens is 2. The molecule has 0 aromatic heterocycles. The maximum atomic E-state index is 12.1. The van der Waals surface area contributed by atoms with Crippen LogP contribution >= 0.6 is 23.2 Å². The van der Waals surface area contributed by atoms with Crippen LogP contribution in [0.1, 0.15) is 28.9 Å². The number of benzene rings is 3. The number of urea groups is 1. The van der Waals surface area contributed by atoms with Crippen LogP contribution in [0.15, 0.2) is 72.8 Å². The van der Waals surface area contributed by atoms with Gasteiger partial charge in [0.2, 0.25) is 0 Å². The van der Waals surface area contributed by atoms with E-state index >= 15 is 0 Å². The number of ether oxygens (including phenoxy) is 1. The van der Waals surface area contributed by atoms with Crippen LogP contribution in [0.25, 0.3) is 0 Å². The average molecular weight is 429 g/mol. The molecular weight excluding hydrogens is 411 g/mol. The highest BCUT2D eigenvalue weighted by Crippen LogP contribution is 2.31. The third kappa shape index (κ3) is 5.50. The van der Waals surface area contributed by atoms with Crippen LogP contribution in [-0.4, -0.2) is 11.9 Å². The molecular formula is C22H18Cl2N2O3. The largest absolute Gasteiger partial charge is 0.484 e. The molecule has 0 aliphatic rings. The van der Waals surface area contributed by atoms with Crippen molar-refractivity contribution >= 4 is 40.8 Å². The monoisotopic (exact) mass is 428 g/mol. The minimum Gasteiger partial charge on any atom is -0.484 e. The van der Waals surface area contributed by atoms with Gasteiger partial charge in [-0.2, -0.15) is 0 Å². The topological polar surface area (TPSA) is 67.4 Å². The highest BCUT2D eigenvalue weighted by molar-refractivity contribution is 6.34. The van der Waals surface area contributed by atoms with Crippen molar-refractivity contribution in [2.24, 2.45) is 0 Å². The zero-order valence-electron chi connectivity index (χ0n) is 15.5. The lowest BCUT2D eigenvalue weighted by Gasteiger charge is -2.17. The predicted octanol–water partition coefficient (Wildman–Crippen LogP) is 6.10. The Balaban J connectivity index is 1.62. The van der Waals surface area contributed by atoms with E-state index in [0.717, 1.165) is 5.56 Å². The summed E-state index contributed by atoms with van der Waals surface area (Å²) < 4.78 is 5.90. The van der Waals surface area contributed by atoms with Gasteiger partial charge in [-0.3, -0.25) is 10.1 Å². The van der Waals surface area contributed by atoms with Gasteiger partial charge in [0.15, 0.2) is 0 Å². The van der Waals surface area contributed by atoms with Crippen molar-refractivity contribution in [2.75, 3.05) is 5.32 Å². The lowest BCUT2D eigenvalue weighted by atomic mass is 10.1. The zero-order chi connectivity index (χ0) is 20.8. The van der Waals surface area contributed by atoms with Crippen LogP contribution in [0.5, 0.6) is 5.75 Å². The first-order chi connectivity index (χ1) is 13.9. The second-order valence-electron chi connectivity index (χ2n) is 6.20. The Morgan fingerprint density at radius 1 is 0.897 bits per heavy atom. The second-order valence-corrected chi connectivity index (χ2v) is 7.02. The summed E-state index contributed by atoms with van der Waals surface area (Å²) in [6.07, 6.45) is -0.191. The summed E-state index contributed by atoms with van der Waals surface area (Å²) in [5.74, 6) is -0.114. The highest BCUT2D eigenvalue weighted by atomic mass is 35.5. The van der Waals surface area contributed by atoms with E-state index in [-0.39, 0.29) is 16.7 Å². The van der Waals surface area contributed by atoms with E-state index in [4.69, 9.17) is 27.9 Å². The summed E-state index contributed by atoms with van der Waals surface area (Å²) in [4.78, 5) is 24.2. The Hall–Kier alpha value is -3.02. The van der Waals surface area contributed by atoms with Gasteiger partial charge >= 0.3 is 6.03 Å². The predicted molar refractivity (Wildman–Crippen MR) is 115 cm³/mol. The molecule has 0 bridgehead atoms. The summed E-state index contributed by atoms with van der Waals surface area (Å²) in [5.41, 5.74) is 1.64. The number of imide groups is 1. The molecule has 0 saturated carbocycles. The van der Waals surface area contributed by atoms with E-state index in [1.165, 1.54) is 6.07 Å². The SMILES string of the molecule is CC(Oc1ccc(NC(=O)NC(=O)c2ccccc2Cl)cc1Cl)c1ccccc1. The Labute approximate surface area is 178 Å². The summed E-state index contributed by atoms with van der Waals surface area (Å²) in [6.45, 7) is 1.92. The van der Waals surface area contributed by atoms with Crippen LogP contribution in [0.2, 0.25) is 10.0 Å². The van der Waals surface area contributed by atoms with E-state index in [1.54, 1.807) is 36.4 Å². The molecule has 7 heteroatoms. The zero-order valence-corrected chi connectivity index (χ0v) is 17.0. The van der Waals surface area contributed by atoms with Crippen molar-refractivity contribution < 1.29 is 14.3 Å². The van der Waals surface area contributed by atoms with Crippen molar-refractivity contribution in [1.82, 2.24) is 5.32 Å². The molecule has 29 heavy (non-hydrogen) atoms. The van der Waals surface area contributed by atoms with E-state index in [1.807, 2.05) is 37.3 Å². The number of carbonyl (C=O) groups excluding carboxylic acids is 2. The summed E-state index contributed by atoms with van der Waals surface area (Å²) in [7, 11) is 0. The minimum absolute atomic E-state index is 0.191. The quantitative estimate of drug-likeness (QED) is 0.515. The standard InChI is InChI=1S/C22H18Cl2N2O3/c1-14(15-7-3-2-4-8-15)29-20-12-11-16(13-19(20)24)25-22(28)26-21(27)17-9-5-6-10-18(17)23/h2-14H,1H3,(H2,25,26,27,28). The fraction of sp³-hybridized carbons (Fsp3) is 0.0909. The Bertz CT molecular complexity index is 1030. The van der Waals surface area contributed by atoms with Crippen LogP contribution in [0, 0.1) is 0 Å². The first kappa shape index (κ1) is 20.7. The van der Waals surface area contributed by atoms with E-state index < -0.39 is 11.9 Å². The van der Waals surface area contributed by atoms with Crippen molar-refractivity contribution in [3.8, 4) is 5.75 Å². The van der Waals surface area contributed by atoms with Crippen LogP contribution in [0.3, 0.4) is 0 Å². The third-order valence-corrected chi connectivity index (χ3v) is 4.73. The van der Waals surface area contributed by atoms with Gasteiger partial charge in [0.1, 0.15) is 11.9 Å². The molecule has 3 aromatic rings. The Morgan fingerprint density at radius 2 is 1.59 bits per heavy atom. The van der Waals surface area contributed by atoms with Crippen LogP contribution in [0.4, 0.5) is 10.5 Å². The molecule has 148 valence electrons. The summed E-state index contributed by atoms with van der Waals surface area (Å²) >= 11 is 12.2. The van der Waals surface area contributed by atoms with E-state index in [9.17, 15) is 9.59 Å². The first-order valence-electron chi connectivity index (χ1n) is 8.82. The number of hydrogen-bond donors (Lipinski definition) is 2. The molecule has 3 aromatic carbocycles. The van der Waals surface area contributed by atoms with E-state index in [0.29, 0.717) is 16.5 Å². The van der Waals surface area contributed by atoms with Crippen molar-refractivity contribution in [2.45, 2.75) is 13.0 Å². The molecule has 2 N–H and O–H groups in total. The van der Waals surface area contributed by atoms with Gasteiger partial charge in [0, 0.05) is 5.69 Å². The highest BCUT2D eigenvalue weighted by Gasteiger charge is 2.14. The first-order valence-corrected chi connectivity index (χ1v) is 9.57. The molecule has 1 atom stereocenters. The fourth-order valence-corrected chi connectivity index (χ4v) is 3.08. The molecule has 3 rings (SSSR count). The fourth-order valence-electron chi connectivity index (χ4n) is 2.63. The van der Waals surface area contributed by atoms with Crippen molar-refractivity contribution in [3.63, 3.8) is 0 Å². The molecule has 5 nitrogen and oxygen atoms in total. The molecule has 0 saturated heterocycles. The molecule has 0 radical (unpaired) electrons. The molecule has 3 amide bonds. The number of nitrogens with one attached hydrogen (secondary N) is 2. The van der Waals surface area contributed by atoms with Gasteiger partial charge in [-0.15, -0.1) is 0 Å². The minimum atomic E-state index is -0.697. The van der Waals surface area contributed by atoms with Gasteiger partial charge in [-0.05, 0) is 42.8 Å². The maximum Gasteiger partial charge on any atom is 0.326 e. The smallest absolute Gasteiger partial charge is 0.326 e. The lowest BCUT2D eigenvalue weighted by Crippen LogP contribution is -2.34. The third-order valence-electron chi connectivity index (χ3n) is 4.11. The van der Waals surface area contributed by atoms with Gasteiger partial charge in [-0.25, -0.2) is 4.79 Å². The summed E-state index contributed by atoms with van der Waals surface area (Å²) in [6, 6.07) is 20.4. The van der Waals surface area contributed by atoms with Gasteiger partial charge < -0.3 is 10.1 Å². The number of hydrogen-bond acceptors (Lipinski definition) is 3. The van der Waals surface area contributed by atoms with Gasteiger partial charge in [0.05, 0.1) is 15.6 Å². The Kier molecular flexibility index (Phi) is 6.75. The summed E-state index contributed by atoms with van der Waals surface area (Å²) in [5, 5.41) is 5.38. The molecule has 0 aliphatic carbocycles. The molecule has 1 unspecified atom stereocenters. The average Bonchev–Trinajstić information content (AvgIpc) is 2.70. The van der Waals surface area contributed by atoms with E-state index in [2.05, 4.69) is 10.6 Å². The molecule has 0 spiro atoms.